The highest BCUT2D eigenvalue weighted by Crippen LogP contribution is 2.18. The fourth-order valence-electron chi connectivity index (χ4n) is 0.729. The first kappa shape index (κ1) is 10.5. The van der Waals surface area contributed by atoms with E-state index in [0.29, 0.717) is 5.13 Å². The summed E-state index contributed by atoms with van der Waals surface area (Å²) in [4.78, 5) is 14.4. The molecule has 0 fully saturated rings. The summed E-state index contributed by atoms with van der Waals surface area (Å²) in [6, 6.07) is -0.539. The lowest BCUT2D eigenvalue weighted by atomic mass is 10.3. The Bertz CT molecular complexity index is 369. The van der Waals surface area contributed by atoms with E-state index in [0.717, 1.165) is 11.3 Å². The number of carbonyl (C=O) groups is 1. The largest absolute Gasteiger partial charge is 0.477 e. The van der Waals surface area contributed by atoms with Crippen molar-refractivity contribution in [1.82, 2.24) is 4.98 Å². The monoisotopic (exact) mass is 212 g/mol. The minimum Gasteiger partial charge on any atom is -0.477 e. The second-order valence-corrected chi connectivity index (χ2v) is 3.41. The van der Waals surface area contributed by atoms with Gasteiger partial charge in [-0.25, -0.2) is 9.78 Å². The highest BCUT2D eigenvalue weighted by molar-refractivity contribution is 7.17. The van der Waals surface area contributed by atoms with Gasteiger partial charge < -0.3 is 15.5 Å². The Labute approximate surface area is 84.4 Å². The zero-order valence-corrected chi connectivity index (χ0v) is 7.91. The van der Waals surface area contributed by atoms with E-state index in [2.05, 4.69) is 16.2 Å². The number of hydrogen-bond donors (Lipinski definition) is 3. The van der Waals surface area contributed by atoms with E-state index in [1.807, 2.05) is 0 Å². The van der Waals surface area contributed by atoms with Crippen molar-refractivity contribution in [2.24, 2.45) is 0 Å². The van der Waals surface area contributed by atoms with Crippen LogP contribution in [0.5, 0.6) is 0 Å². The summed E-state index contributed by atoms with van der Waals surface area (Å²) >= 11 is 0.972. The molecule has 0 aliphatic carbocycles. The molecule has 0 spiro atoms. The molecule has 0 aliphatic rings. The molecule has 1 atom stereocenters. The Morgan fingerprint density at radius 2 is 2.57 bits per heavy atom. The van der Waals surface area contributed by atoms with Crippen LogP contribution in [-0.4, -0.2) is 33.8 Å². The molecule has 74 valence electrons. The van der Waals surface area contributed by atoms with E-state index in [4.69, 9.17) is 16.6 Å². The number of rotatable bonds is 4. The van der Waals surface area contributed by atoms with Gasteiger partial charge in [-0.1, -0.05) is 17.3 Å². The highest BCUT2D eigenvalue weighted by atomic mass is 32.1. The van der Waals surface area contributed by atoms with Gasteiger partial charge in [0.2, 0.25) is 0 Å². The molecule has 14 heavy (non-hydrogen) atoms. The van der Waals surface area contributed by atoms with Gasteiger partial charge in [-0.3, -0.25) is 0 Å². The van der Waals surface area contributed by atoms with E-state index in [-0.39, 0.29) is 11.5 Å². The number of aromatic carboxylic acids is 1. The van der Waals surface area contributed by atoms with Gasteiger partial charge in [0.1, 0.15) is 10.9 Å². The zero-order valence-electron chi connectivity index (χ0n) is 7.10. The van der Waals surface area contributed by atoms with Crippen LogP contribution < -0.4 is 5.32 Å². The number of carboxylic acid groups (broad SMARTS) is 1. The zero-order chi connectivity index (χ0) is 10.6. The molecule has 0 saturated heterocycles. The van der Waals surface area contributed by atoms with Gasteiger partial charge in [0.15, 0.2) is 5.13 Å². The maximum absolute atomic E-state index is 10.5. The van der Waals surface area contributed by atoms with Crippen LogP contribution in [0, 0.1) is 12.3 Å². The van der Waals surface area contributed by atoms with E-state index < -0.39 is 12.0 Å². The number of anilines is 1. The molecule has 3 N–H and O–H groups in total. The molecule has 1 unspecified atom stereocenters. The summed E-state index contributed by atoms with van der Waals surface area (Å²) in [7, 11) is 0. The predicted octanol–water partition coefficient (Wildman–Crippen LogP) is 0.247. The Morgan fingerprint density at radius 1 is 1.86 bits per heavy atom. The molecule has 6 heteroatoms. The third kappa shape index (κ3) is 2.45. The molecule has 0 radical (unpaired) electrons. The minimum atomic E-state index is -1.03. The Hall–Kier alpha value is -1.58. The summed E-state index contributed by atoms with van der Waals surface area (Å²) in [5, 5.41) is 20.5. The topological polar surface area (TPSA) is 82.5 Å². The molecular weight excluding hydrogens is 204 g/mol. The number of terminal acetylenes is 1. The van der Waals surface area contributed by atoms with Crippen LogP contribution >= 0.6 is 11.3 Å². The quantitative estimate of drug-likeness (QED) is 0.623. The number of nitrogens with one attached hydrogen (secondary N) is 1. The van der Waals surface area contributed by atoms with Gasteiger partial charge in [-0.2, -0.15) is 0 Å². The minimum absolute atomic E-state index is 0.126. The van der Waals surface area contributed by atoms with Gasteiger partial charge >= 0.3 is 5.97 Å². The van der Waals surface area contributed by atoms with Crippen molar-refractivity contribution in [3.05, 3.63) is 11.1 Å². The van der Waals surface area contributed by atoms with Crippen LogP contribution in [-0.2, 0) is 0 Å². The molecule has 1 aromatic rings. The lowest BCUT2D eigenvalue weighted by molar-refractivity contribution is 0.0702. The van der Waals surface area contributed by atoms with Crippen LogP contribution in [0.25, 0.3) is 0 Å². The van der Waals surface area contributed by atoms with Crippen molar-refractivity contribution in [3.63, 3.8) is 0 Å². The second kappa shape index (κ2) is 4.60. The van der Waals surface area contributed by atoms with E-state index in [1.165, 1.54) is 6.20 Å². The van der Waals surface area contributed by atoms with Crippen molar-refractivity contribution in [1.29, 1.82) is 0 Å². The molecule has 0 aromatic carbocycles. The predicted molar refractivity (Wildman–Crippen MR) is 52.4 cm³/mol. The fourth-order valence-corrected chi connectivity index (χ4v) is 1.44. The lowest BCUT2D eigenvalue weighted by Crippen LogP contribution is -2.21. The third-order valence-corrected chi connectivity index (χ3v) is 2.31. The number of aliphatic hydroxyl groups is 1. The van der Waals surface area contributed by atoms with E-state index in [9.17, 15) is 4.79 Å². The molecule has 0 saturated carbocycles. The van der Waals surface area contributed by atoms with E-state index in [1.54, 1.807) is 0 Å². The fraction of sp³-hybridized carbons (Fsp3) is 0.250. The van der Waals surface area contributed by atoms with Crippen LogP contribution in [0.15, 0.2) is 6.20 Å². The number of carboxylic acids is 1. The second-order valence-electron chi connectivity index (χ2n) is 2.38. The number of aliphatic hydroxyl groups excluding tert-OH is 1. The van der Waals surface area contributed by atoms with Crippen molar-refractivity contribution in [2.45, 2.75) is 6.04 Å². The van der Waals surface area contributed by atoms with Crippen molar-refractivity contribution < 1.29 is 15.0 Å². The van der Waals surface area contributed by atoms with Crippen LogP contribution in [0.3, 0.4) is 0 Å². The summed E-state index contributed by atoms with van der Waals surface area (Å²) in [6.07, 6.45) is 6.32. The molecule has 0 aliphatic heterocycles. The lowest BCUT2D eigenvalue weighted by Gasteiger charge is -2.06. The van der Waals surface area contributed by atoms with Gasteiger partial charge in [-0.05, 0) is 0 Å². The van der Waals surface area contributed by atoms with Gasteiger partial charge in [0.05, 0.1) is 12.8 Å². The van der Waals surface area contributed by atoms with Gasteiger partial charge in [0, 0.05) is 0 Å². The number of hydrogen-bond acceptors (Lipinski definition) is 5. The van der Waals surface area contributed by atoms with E-state index >= 15 is 0 Å². The SMILES string of the molecule is C#CC(CO)Nc1ncc(C(=O)O)s1. The Balaban J connectivity index is 2.69. The Morgan fingerprint density at radius 3 is 3.00 bits per heavy atom. The van der Waals surface area contributed by atoms with Crippen molar-refractivity contribution in [3.8, 4) is 12.3 Å². The molecule has 1 rings (SSSR count). The molecule has 1 aromatic heterocycles. The summed E-state index contributed by atoms with van der Waals surface area (Å²) in [5.41, 5.74) is 0. The number of thiazole rings is 1. The molecule has 0 amide bonds. The highest BCUT2D eigenvalue weighted by Gasteiger charge is 2.10. The first-order valence-corrected chi connectivity index (χ1v) is 4.51. The third-order valence-electron chi connectivity index (χ3n) is 1.40. The first-order valence-electron chi connectivity index (χ1n) is 3.70. The standard InChI is InChI=1S/C8H8N2O3S/c1-2-5(4-11)10-8-9-3-6(14-8)7(12)13/h1,3,5,11H,4H2,(H,9,10)(H,12,13). The average molecular weight is 212 g/mol. The maximum Gasteiger partial charge on any atom is 0.347 e. The van der Waals surface area contributed by atoms with Crippen LogP contribution in [0.2, 0.25) is 0 Å². The Kier molecular flexibility index (Phi) is 3.45. The van der Waals surface area contributed by atoms with Crippen molar-refractivity contribution in [2.75, 3.05) is 11.9 Å². The van der Waals surface area contributed by atoms with Crippen LogP contribution in [0.4, 0.5) is 5.13 Å². The van der Waals surface area contributed by atoms with Crippen molar-refractivity contribution >= 4 is 22.4 Å². The molecule has 5 nitrogen and oxygen atoms in total. The molecule has 1 heterocycles. The maximum atomic E-state index is 10.5. The van der Waals surface area contributed by atoms with Crippen LogP contribution in [0.1, 0.15) is 9.67 Å². The summed E-state index contributed by atoms with van der Waals surface area (Å²) in [6.45, 7) is -0.224. The average Bonchev–Trinajstić information content (AvgIpc) is 2.62. The first-order chi connectivity index (χ1) is 6.67. The smallest absolute Gasteiger partial charge is 0.347 e. The van der Waals surface area contributed by atoms with Gasteiger partial charge in [0.25, 0.3) is 0 Å². The normalized spacial score (nSPS) is 11.7. The molecular formula is C8H8N2O3S. The number of nitrogens with zero attached hydrogens (tertiary/aromatic N) is 1. The molecule has 0 bridgehead atoms. The summed E-state index contributed by atoms with van der Waals surface area (Å²) in [5.74, 6) is 1.27. The summed E-state index contributed by atoms with van der Waals surface area (Å²) < 4.78 is 0. The van der Waals surface area contributed by atoms with Gasteiger partial charge in [-0.15, -0.1) is 6.42 Å². The number of aromatic nitrogens is 1.